The molecule has 1 unspecified atom stereocenters. The molecule has 1 fully saturated rings. The average Bonchev–Trinajstić information content (AvgIpc) is 3.30. The van der Waals surface area contributed by atoms with Gasteiger partial charge in [-0.15, -0.1) is 0 Å². The van der Waals surface area contributed by atoms with Crippen LogP contribution in [0.2, 0.25) is 5.02 Å². The van der Waals surface area contributed by atoms with Crippen molar-refractivity contribution in [2.75, 3.05) is 10.6 Å². The number of anilines is 2. The van der Waals surface area contributed by atoms with E-state index >= 15 is 0 Å². The topological polar surface area (TPSA) is 99.8 Å². The van der Waals surface area contributed by atoms with Gasteiger partial charge in [0, 0.05) is 11.4 Å². The Kier molecular flexibility index (Phi) is 5.94. The van der Waals surface area contributed by atoms with E-state index in [0.29, 0.717) is 29.2 Å². The zero-order chi connectivity index (χ0) is 21.2. The number of nitrogens with one attached hydrogen (secondary N) is 2. The van der Waals surface area contributed by atoms with Crippen LogP contribution in [0.3, 0.4) is 0 Å². The summed E-state index contributed by atoms with van der Waals surface area (Å²) in [4.78, 5) is 25.2. The van der Waals surface area contributed by atoms with Crippen molar-refractivity contribution in [1.82, 2.24) is 9.78 Å². The fourth-order valence-corrected chi connectivity index (χ4v) is 3.93. The van der Waals surface area contributed by atoms with Crippen molar-refractivity contribution in [1.29, 1.82) is 5.26 Å². The van der Waals surface area contributed by atoms with E-state index in [-0.39, 0.29) is 11.8 Å². The lowest BCUT2D eigenvalue weighted by atomic mass is 9.87. The Balaban J connectivity index is 1.69. The van der Waals surface area contributed by atoms with E-state index < -0.39 is 11.5 Å². The summed E-state index contributed by atoms with van der Waals surface area (Å²) in [6.07, 6.45) is 2.89. The number of halogens is 1. The Morgan fingerprint density at radius 3 is 2.48 bits per heavy atom. The van der Waals surface area contributed by atoms with Crippen molar-refractivity contribution in [3.63, 3.8) is 0 Å². The fourth-order valence-electron chi connectivity index (χ4n) is 3.70. The molecular weight excluding hydrogens is 390 g/mol. The normalized spacial score (nSPS) is 16.1. The first-order chi connectivity index (χ1) is 13.8. The number of hydrogen-bond donors (Lipinski definition) is 2. The number of aromatic nitrogens is 2. The molecule has 152 valence electrons. The van der Waals surface area contributed by atoms with Crippen LogP contribution in [0, 0.1) is 30.6 Å². The van der Waals surface area contributed by atoms with Crippen LogP contribution in [0.1, 0.15) is 50.0 Å². The van der Waals surface area contributed by atoms with Crippen molar-refractivity contribution in [2.24, 2.45) is 5.41 Å². The third-order valence-electron chi connectivity index (χ3n) is 5.38. The van der Waals surface area contributed by atoms with Crippen LogP contribution >= 0.6 is 11.6 Å². The highest BCUT2D eigenvalue weighted by Crippen LogP contribution is 2.38. The number of carbonyl (C=O) groups is 2. The second-order valence-electron chi connectivity index (χ2n) is 7.59. The Labute approximate surface area is 175 Å². The first-order valence-electron chi connectivity index (χ1n) is 9.61. The molecule has 2 amide bonds. The van der Waals surface area contributed by atoms with E-state index in [1.54, 1.807) is 29.8 Å². The largest absolute Gasteiger partial charge is 0.325 e. The highest BCUT2D eigenvalue weighted by Gasteiger charge is 2.41. The number of hydrogen-bond acceptors (Lipinski definition) is 4. The summed E-state index contributed by atoms with van der Waals surface area (Å²) in [5.74, 6) is -0.548. The number of amides is 2. The summed E-state index contributed by atoms with van der Waals surface area (Å²) in [5.41, 5.74) is 1.71. The van der Waals surface area contributed by atoms with Gasteiger partial charge in [0.1, 0.15) is 11.5 Å². The lowest BCUT2D eigenvalue weighted by molar-refractivity contribution is -0.122. The highest BCUT2D eigenvalue weighted by molar-refractivity contribution is 6.34. The van der Waals surface area contributed by atoms with Crippen molar-refractivity contribution >= 4 is 34.8 Å². The maximum atomic E-state index is 12.6. The van der Waals surface area contributed by atoms with Crippen LogP contribution in [0.15, 0.2) is 24.3 Å². The summed E-state index contributed by atoms with van der Waals surface area (Å²) >= 11 is 6.32. The summed E-state index contributed by atoms with van der Waals surface area (Å²) in [6.45, 7) is 5.53. The maximum absolute atomic E-state index is 12.6. The molecule has 1 aromatic carbocycles. The van der Waals surface area contributed by atoms with E-state index in [1.165, 1.54) is 0 Å². The predicted octanol–water partition coefficient (Wildman–Crippen LogP) is 4.38. The first-order valence-corrected chi connectivity index (χ1v) is 9.99. The van der Waals surface area contributed by atoms with Gasteiger partial charge in [-0.3, -0.25) is 14.3 Å². The first kappa shape index (κ1) is 20.9. The minimum absolute atomic E-state index is 0.246. The van der Waals surface area contributed by atoms with Crippen LogP contribution in [-0.2, 0) is 9.59 Å². The fraction of sp³-hybridized carbons (Fsp3) is 0.429. The Morgan fingerprint density at radius 2 is 1.93 bits per heavy atom. The second kappa shape index (κ2) is 8.26. The molecule has 1 aromatic heterocycles. The highest BCUT2D eigenvalue weighted by atomic mass is 35.5. The number of aryl methyl sites for hydroxylation is 2. The third kappa shape index (κ3) is 4.28. The monoisotopic (exact) mass is 413 g/mol. The lowest BCUT2D eigenvalue weighted by Gasteiger charge is -2.20. The zero-order valence-electron chi connectivity index (χ0n) is 16.8. The van der Waals surface area contributed by atoms with Crippen molar-refractivity contribution in [3.05, 3.63) is 40.7 Å². The summed E-state index contributed by atoms with van der Waals surface area (Å²) in [7, 11) is 0. The quantitative estimate of drug-likeness (QED) is 0.759. The summed E-state index contributed by atoms with van der Waals surface area (Å²) < 4.78 is 1.66. The number of carbonyl (C=O) groups excluding carboxylic acids is 2. The van der Waals surface area contributed by atoms with Crippen LogP contribution in [0.25, 0.3) is 0 Å². The SMILES string of the molecule is Cc1cc(C)n(C(C)C(=O)Nc2ccc(NC(=O)C3(C#N)CCCC3)cc2Cl)n1. The van der Waals surface area contributed by atoms with Gasteiger partial charge in [-0.2, -0.15) is 10.4 Å². The van der Waals surface area contributed by atoms with Gasteiger partial charge in [-0.05, 0) is 57.9 Å². The van der Waals surface area contributed by atoms with E-state index in [9.17, 15) is 14.9 Å². The van der Waals surface area contributed by atoms with E-state index in [0.717, 1.165) is 24.2 Å². The predicted molar refractivity (Wildman–Crippen MR) is 112 cm³/mol. The molecule has 0 spiro atoms. The van der Waals surface area contributed by atoms with Gasteiger partial charge in [0.05, 0.1) is 22.5 Å². The van der Waals surface area contributed by atoms with Crippen LogP contribution in [0.4, 0.5) is 11.4 Å². The molecule has 1 atom stereocenters. The van der Waals surface area contributed by atoms with Crippen molar-refractivity contribution < 1.29 is 9.59 Å². The molecule has 2 N–H and O–H groups in total. The van der Waals surface area contributed by atoms with Gasteiger partial charge in [0.15, 0.2) is 0 Å². The number of rotatable bonds is 5. The molecule has 1 saturated carbocycles. The number of nitrogens with zero attached hydrogens (tertiary/aromatic N) is 3. The van der Waals surface area contributed by atoms with Crippen molar-refractivity contribution in [2.45, 2.75) is 52.5 Å². The molecular formula is C21H24ClN5O2. The summed E-state index contributed by atoms with van der Waals surface area (Å²) in [5, 5.41) is 19.7. The molecule has 0 saturated heterocycles. The van der Waals surface area contributed by atoms with E-state index in [1.807, 2.05) is 19.9 Å². The number of nitriles is 1. The molecule has 1 aliphatic rings. The molecule has 3 rings (SSSR count). The van der Waals surface area contributed by atoms with E-state index in [2.05, 4.69) is 21.8 Å². The Morgan fingerprint density at radius 1 is 1.24 bits per heavy atom. The molecule has 1 aliphatic carbocycles. The summed E-state index contributed by atoms with van der Waals surface area (Å²) in [6, 6.07) is 8.45. The van der Waals surface area contributed by atoms with Gasteiger partial charge >= 0.3 is 0 Å². The third-order valence-corrected chi connectivity index (χ3v) is 5.69. The van der Waals surface area contributed by atoms with Crippen LogP contribution in [0.5, 0.6) is 0 Å². The van der Waals surface area contributed by atoms with Gasteiger partial charge in [-0.1, -0.05) is 24.4 Å². The smallest absolute Gasteiger partial charge is 0.248 e. The molecule has 8 heteroatoms. The lowest BCUT2D eigenvalue weighted by Crippen LogP contribution is -2.32. The molecule has 0 radical (unpaired) electrons. The second-order valence-corrected chi connectivity index (χ2v) is 7.99. The van der Waals surface area contributed by atoms with Gasteiger partial charge < -0.3 is 10.6 Å². The Bertz CT molecular complexity index is 985. The van der Waals surface area contributed by atoms with Crippen molar-refractivity contribution in [3.8, 4) is 6.07 Å². The number of benzene rings is 1. The molecule has 29 heavy (non-hydrogen) atoms. The zero-order valence-corrected chi connectivity index (χ0v) is 17.5. The molecule has 1 heterocycles. The van der Waals surface area contributed by atoms with Crippen LogP contribution < -0.4 is 10.6 Å². The van der Waals surface area contributed by atoms with Crippen LogP contribution in [-0.4, -0.2) is 21.6 Å². The molecule has 7 nitrogen and oxygen atoms in total. The maximum Gasteiger partial charge on any atom is 0.248 e. The standard InChI is InChI=1S/C21H24ClN5O2/c1-13-10-14(2)27(26-13)15(3)19(28)25-18-7-6-16(11-17(18)22)24-20(29)21(12-23)8-4-5-9-21/h6-7,10-11,15H,4-5,8-9H2,1-3H3,(H,24,29)(H,25,28). The average molecular weight is 414 g/mol. The molecule has 0 aliphatic heterocycles. The van der Waals surface area contributed by atoms with Gasteiger partial charge in [0.2, 0.25) is 11.8 Å². The minimum Gasteiger partial charge on any atom is -0.325 e. The minimum atomic E-state index is -0.964. The van der Waals surface area contributed by atoms with Gasteiger partial charge in [0.25, 0.3) is 0 Å². The Hall–Kier alpha value is -2.85. The van der Waals surface area contributed by atoms with Gasteiger partial charge in [-0.25, -0.2) is 0 Å². The molecule has 0 bridgehead atoms. The molecule has 2 aromatic rings. The van der Waals surface area contributed by atoms with E-state index in [4.69, 9.17) is 11.6 Å².